The molecule has 2 rings (SSSR count). The summed E-state index contributed by atoms with van der Waals surface area (Å²) >= 11 is 0. The molecule has 0 amide bonds. The predicted molar refractivity (Wildman–Crippen MR) is 114 cm³/mol. The molecule has 0 bridgehead atoms. The van der Waals surface area contributed by atoms with E-state index in [0.717, 1.165) is 49.1 Å². The second kappa shape index (κ2) is 9.98. The quantitative estimate of drug-likeness (QED) is 0.327. The molecule has 0 spiro atoms. The number of imidazole rings is 1. The maximum atomic E-state index is 12.3. The molecule has 2 aromatic heterocycles. The van der Waals surface area contributed by atoms with Gasteiger partial charge < -0.3 is 14.0 Å². The van der Waals surface area contributed by atoms with Gasteiger partial charge in [-0.3, -0.25) is 4.98 Å². The number of methoxy groups -OCH3 is 1. The number of carbonyl (C=O) groups excluding carboxylic acids is 1. The topological polar surface area (TPSA) is 66.2 Å². The Hall–Kier alpha value is -1.99. The number of nitrogens with zero attached hydrogens (tertiary/aromatic N) is 3. The number of carbonyl (C=O) groups is 1. The molecular weight excluding hydrogens is 370 g/mol. The first-order chi connectivity index (χ1) is 13.3. The number of pyridine rings is 1. The van der Waals surface area contributed by atoms with Gasteiger partial charge >= 0.3 is 5.97 Å². The Kier molecular flexibility index (Phi) is 7.95. The van der Waals surface area contributed by atoms with E-state index >= 15 is 0 Å². The molecule has 0 unspecified atom stereocenters. The third-order valence-corrected chi connectivity index (χ3v) is 6.30. The zero-order valence-electron chi connectivity index (χ0n) is 18.0. The summed E-state index contributed by atoms with van der Waals surface area (Å²) in [7, 11) is 0.233. The lowest BCUT2D eigenvalue weighted by molar-refractivity contribution is 0.0600. The van der Waals surface area contributed by atoms with Crippen molar-refractivity contribution in [3.8, 4) is 11.4 Å². The van der Waals surface area contributed by atoms with Crippen molar-refractivity contribution in [3.63, 3.8) is 0 Å². The molecule has 0 saturated heterocycles. The molecule has 7 heteroatoms. The van der Waals surface area contributed by atoms with Gasteiger partial charge in [-0.1, -0.05) is 33.0 Å². The number of hydrogen-bond donors (Lipinski definition) is 0. The number of unbranched alkanes of at least 4 members (excludes halogenated alkanes) is 1. The summed E-state index contributed by atoms with van der Waals surface area (Å²) in [6.45, 7) is 12.2. The van der Waals surface area contributed by atoms with Crippen LogP contribution in [0, 0.1) is 6.92 Å². The Balaban J connectivity index is 2.37. The maximum absolute atomic E-state index is 12.3. The van der Waals surface area contributed by atoms with Crippen LogP contribution in [-0.2, 0) is 22.6 Å². The molecule has 0 aliphatic carbocycles. The highest BCUT2D eigenvalue weighted by Crippen LogP contribution is 2.25. The number of hydrogen-bond acceptors (Lipinski definition) is 5. The number of rotatable bonds is 10. The molecule has 28 heavy (non-hydrogen) atoms. The number of aryl methyl sites for hydroxylation is 2. The van der Waals surface area contributed by atoms with Crippen molar-refractivity contribution in [3.05, 3.63) is 35.4 Å². The van der Waals surface area contributed by atoms with E-state index in [1.807, 2.05) is 17.6 Å². The molecule has 0 aliphatic heterocycles. The van der Waals surface area contributed by atoms with Crippen molar-refractivity contribution < 1.29 is 14.3 Å². The molecule has 0 atom stereocenters. The minimum Gasteiger partial charge on any atom is -0.465 e. The minimum atomic E-state index is -1.15. The summed E-state index contributed by atoms with van der Waals surface area (Å²) in [5.74, 6) is 0.564. The Morgan fingerprint density at radius 2 is 2.00 bits per heavy atom. The van der Waals surface area contributed by atoms with Gasteiger partial charge in [0.15, 0.2) is 0 Å². The standard InChI is InChI=1S/C21H33N3O3Si/c1-7-8-9-19-22-14-18(24(19)15-27-12-13-28(4,5)6)20-17(21(25)26-3)11-10-16(2)23-20/h10-11,14H,7-9,12-13,15H2,1-6H3. The van der Waals surface area contributed by atoms with E-state index in [1.54, 1.807) is 12.3 Å². The molecule has 0 aromatic carbocycles. The van der Waals surface area contributed by atoms with E-state index in [4.69, 9.17) is 9.47 Å². The van der Waals surface area contributed by atoms with Gasteiger partial charge in [0.2, 0.25) is 0 Å². The molecule has 0 saturated carbocycles. The van der Waals surface area contributed by atoms with Crippen LogP contribution in [0.2, 0.25) is 25.7 Å². The second-order valence-corrected chi connectivity index (χ2v) is 13.9. The molecule has 2 heterocycles. The average molecular weight is 404 g/mol. The third kappa shape index (κ3) is 6.00. The zero-order valence-corrected chi connectivity index (χ0v) is 19.0. The van der Waals surface area contributed by atoms with E-state index in [2.05, 4.69) is 36.5 Å². The first-order valence-electron chi connectivity index (χ1n) is 9.95. The van der Waals surface area contributed by atoms with Crippen molar-refractivity contribution in [2.24, 2.45) is 0 Å². The van der Waals surface area contributed by atoms with Gasteiger partial charge in [-0.15, -0.1) is 0 Å². The van der Waals surface area contributed by atoms with Crippen LogP contribution in [0.4, 0.5) is 0 Å². The van der Waals surface area contributed by atoms with Crippen LogP contribution in [0.5, 0.6) is 0 Å². The van der Waals surface area contributed by atoms with Crippen LogP contribution in [0.15, 0.2) is 18.3 Å². The summed E-state index contributed by atoms with van der Waals surface area (Å²) in [4.78, 5) is 21.5. The maximum Gasteiger partial charge on any atom is 0.340 e. The Bertz CT molecular complexity index is 797. The van der Waals surface area contributed by atoms with E-state index in [1.165, 1.54) is 7.11 Å². The Morgan fingerprint density at radius 1 is 1.25 bits per heavy atom. The molecule has 0 radical (unpaired) electrons. The van der Waals surface area contributed by atoms with Crippen LogP contribution in [0.1, 0.15) is 41.6 Å². The van der Waals surface area contributed by atoms with Crippen LogP contribution in [0.25, 0.3) is 11.4 Å². The fraction of sp³-hybridized carbons (Fsp3) is 0.571. The smallest absolute Gasteiger partial charge is 0.340 e. The molecular formula is C21H33N3O3Si. The first-order valence-corrected chi connectivity index (χ1v) is 13.7. The average Bonchev–Trinajstić information content (AvgIpc) is 3.04. The van der Waals surface area contributed by atoms with Gasteiger partial charge in [-0.05, 0) is 31.5 Å². The van der Waals surface area contributed by atoms with Crippen molar-refractivity contribution in [2.75, 3.05) is 13.7 Å². The summed E-state index contributed by atoms with van der Waals surface area (Å²) in [5, 5.41) is 0. The number of esters is 1. The van der Waals surface area contributed by atoms with Crippen molar-refractivity contribution in [1.82, 2.24) is 14.5 Å². The Labute approximate surface area is 169 Å². The molecule has 0 fully saturated rings. The van der Waals surface area contributed by atoms with Gasteiger partial charge in [0.05, 0.1) is 24.6 Å². The lowest BCUT2D eigenvalue weighted by Crippen LogP contribution is -2.22. The van der Waals surface area contributed by atoms with Crippen LogP contribution < -0.4 is 0 Å². The van der Waals surface area contributed by atoms with Crippen LogP contribution >= 0.6 is 0 Å². The van der Waals surface area contributed by atoms with E-state index < -0.39 is 14.0 Å². The molecule has 154 valence electrons. The van der Waals surface area contributed by atoms with Crippen LogP contribution in [0.3, 0.4) is 0 Å². The van der Waals surface area contributed by atoms with Gasteiger partial charge in [-0.2, -0.15) is 0 Å². The summed E-state index contributed by atoms with van der Waals surface area (Å²) in [6, 6.07) is 4.69. The predicted octanol–water partition coefficient (Wildman–Crippen LogP) is 4.70. The highest BCUT2D eigenvalue weighted by molar-refractivity contribution is 6.76. The van der Waals surface area contributed by atoms with Crippen molar-refractivity contribution in [2.45, 2.75) is 65.5 Å². The fourth-order valence-electron chi connectivity index (χ4n) is 2.84. The molecule has 6 nitrogen and oxygen atoms in total. The summed E-state index contributed by atoms with van der Waals surface area (Å²) in [5.41, 5.74) is 2.67. The van der Waals surface area contributed by atoms with Gasteiger partial charge in [0.1, 0.15) is 18.2 Å². The van der Waals surface area contributed by atoms with E-state index in [9.17, 15) is 4.79 Å². The Morgan fingerprint density at radius 3 is 2.64 bits per heavy atom. The number of ether oxygens (including phenoxy) is 2. The van der Waals surface area contributed by atoms with Crippen LogP contribution in [-0.4, -0.2) is 42.3 Å². The summed E-state index contributed by atoms with van der Waals surface area (Å²) < 4.78 is 13.0. The van der Waals surface area contributed by atoms with Gasteiger partial charge in [-0.25, -0.2) is 9.78 Å². The molecule has 2 aromatic rings. The summed E-state index contributed by atoms with van der Waals surface area (Å²) in [6.07, 6.45) is 4.81. The van der Waals surface area contributed by atoms with Gasteiger partial charge in [0.25, 0.3) is 0 Å². The zero-order chi connectivity index (χ0) is 20.7. The van der Waals surface area contributed by atoms with Gasteiger partial charge in [0, 0.05) is 26.8 Å². The van der Waals surface area contributed by atoms with E-state index in [-0.39, 0.29) is 0 Å². The minimum absolute atomic E-state index is 0.398. The SMILES string of the molecule is CCCCc1ncc(-c2nc(C)ccc2C(=O)OC)n1COCC[Si](C)(C)C. The first kappa shape index (κ1) is 22.3. The lowest BCUT2D eigenvalue weighted by Gasteiger charge is -2.17. The molecule has 0 aliphatic rings. The van der Waals surface area contributed by atoms with E-state index in [0.29, 0.717) is 18.0 Å². The monoisotopic (exact) mass is 403 g/mol. The lowest BCUT2D eigenvalue weighted by atomic mass is 10.1. The molecule has 0 N–H and O–H groups in total. The highest BCUT2D eigenvalue weighted by atomic mass is 28.3. The largest absolute Gasteiger partial charge is 0.465 e. The third-order valence-electron chi connectivity index (χ3n) is 4.59. The highest BCUT2D eigenvalue weighted by Gasteiger charge is 2.21. The second-order valence-electron chi connectivity index (χ2n) is 8.28. The van der Waals surface area contributed by atoms with Crippen molar-refractivity contribution in [1.29, 1.82) is 0 Å². The fourth-order valence-corrected chi connectivity index (χ4v) is 3.60. The normalized spacial score (nSPS) is 11.6. The number of aromatic nitrogens is 3. The van der Waals surface area contributed by atoms with Crippen molar-refractivity contribution >= 4 is 14.0 Å².